The fourth-order valence-corrected chi connectivity index (χ4v) is 3.30. The molecule has 140 valence electrons. The molecule has 1 aromatic carbocycles. The summed E-state index contributed by atoms with van der Waals surface area (Å²) in [5, 5.41) is 8.33. The molecule has 0 saturated carbocycles. The molecule has 0 fully saturated rings. The molecule has 0 aliphatic carbocycles. The van der Waals surface area contributed by atoms with Crippen molar-refractivity contribution in [3.05, 3.63) is 39.6 Å². The van der Waals surface area contributed by atoms with Crippen molar-refractivity contribution in [3.63, 3.8) is 0 Å². The number of guanidine groups is 1. The molecule has 1 aliphatic heterocycles. The van der Waals surface area contributed by atoms with Gasteiger partial charge in [0, 0.05) is 30.1 Å². The van der Waals surface area contributed by atoms with E-state index in [0.29, 0.717) is 29.6 Å². The average molecular weight is 383 g/mol. The lowest BCUT2D eigenvalue weighted by Gasteiger charge is -2.15. The Labute approximate surface area is 153 Å². The van der Waals surface area contributed by atoms with E-state index >= 15 is 0 Å². The molecule has 0 atom stereocenters. The summed E-state index contributed by atoms with van der Waals surface area (Å²) in [5.41, 5.74) is 1.73. The summed E-state index contributed by atoms with van der Waals surface area (Å²) in [7, 11) is 1.65. The normalized spacial score (nSPS) is 13.2. The van der Waals surface area contributed by atoms with Crippen molar-refractivity contribution in [2.24, 2.45) is 4.99 Å². The standard InChI is InChI=1S/C17H19F2N3O3S/c1-10-3-4-26-15(10)8-22-17(20-2)21-7-11-5-13-14(24-9-23-13)6-12(11)25-16(18)19/h3-6,16H,7-9H2,1-2H3,(H2,20,21,22). The quantitative estimate of drug-likeness (QED) is 0.592. The highest BCUT2D eigenvalue weighted by atomic mass is 32.1. The van der Waals surface area contributed by atoms with E-state index in [1.165, 1.54) is 16.5 Å². The van der Waals surface area contributed by atoms with Gasteiger partial charge in [0.15, 0.2) is 17.5 Å². The van der Waals surface area contributed by atoms with Crippen LogP contribution in [-0.2, 0) is 13.1 Å². The number of halogens is 2. The van der Waals surface area contributed by atoms with Gasteiger partial charge < -0.3 is 24.8 Å². The Bertz CT molecular complexity index is 796. The fraction of sp³-hybridized carbons (Fsp3) is 0.353. The second-order valence-corrected chi connectivity index (χ2v) is 6.50. The van der Waals surface area contributed by atoms with E-state index in [4.69, 9.17) is 9.47 Å². The zero-order valence-electron chi connectivity index (χ0n) is 14.3. The maximum absolute atomic E-state index is 12.7. The van der Waals surface area contributed by atoms with Crippen LogP contribution in [0.25, 0.3) is 0 Å². The van der Waals surface area contributed by atoms with Crippen molar-refractivity contribution in [1.29, 1.82) is 0 Å². The van der Waals surface area contributed by atoms with Gasteiger partial charge >= 0.3 is 6.61 Å². The predicted octanol–water partition coefficient (Wildman–Crippen LogP) is 3.25. The number of aliphatic imine (C=N–C) groups is 1. The minimum Gasteiger partial charge on any atom is -0.454 e. The maximum Gasteiger partial charge on any atom is 0.387 e. The number of fused-ring (bicyclic) bond motifs is 1. The SMILES string of the molecule is CN=C(NCc1cc2c(cc1OC(F)F)OCO2)NCc1sccc1C. The van der Waals surface area contributed by atoms with Crippen molar-refractivity contribution < 1.29 is 23.0 Å². The van der Waals surface area contributed by atoms with E-state index in [1.54, 1.807) is 24.5 Å². The number of rotatable bonds is 6. The summed E-state index contributed by atoms with van der Waals surface area (Å²) in [4.78, 5) is 5.36. The third-order valence-corrected chi connectivity index (χ3v) is 4.85. The van der Waals surface area contributed by atoms with E-state index in [9.17, 15) is 8.78 Å². The van der Waals surface area contributed by atoms with Gasteiger partial charge in [-0.2, -0.15) is 8.78 Å². The first kappa shape index (κ1) is 18.2. The van der Waals surface area contributed by atoms with Crippen LogP contribution >= 0.6 is 11.3 Å². The van der Waals surface area contributed by atoms with Crippen LogP contribution in [0.2, 0.25) is 0 Å². The number of nitrogens with one attached hydrogen (secondary N) is 2. The van der Waals surface area contributed by atoms with Crippen LogP contribution in [0.5, 0.6) is 17.2 Å². The molecular formula is C17H19F2N3O3S. The second kappa shape index (κ2) is 8.22. The van der Waals surface area contributed by atoms with Gasteiger partial charge in [-0.3, -0.25) is 4.99 Å². The summed E-state index contributed by atoms with van der Waals surface area (Å²) in [6.45, 7) is 0.0499. The Hall–Kier alpha value is -2.55. The minimum absolute atomic E-state index is 0.0429. The molecule has 0 unspecified atom stereocenters. The Morgan fingerprint density at radius 2 is 2.00 bits per heavy atom. The molecule has 0 amide bonds. The van der Waals surface area contributed by atoms with Crippen molar-refractivity contribution in [2.45, 2.75) is 26.6 Å². The predicted molar refractivity (Wildman–Crippen MR) is 95.3 cm³/mol. The Kier molecular flexibility index (Phi) is 5.77. The Balaban J connectivity index is 1.66. The molecule has 2 N–H and O–H groups in total. The molecule has 0 saturated heterocycles. The molecule has 9 heteroatoms. The Morgan fingerprint density at radius 1 is 1.27 bits per heavy atom. The summed E-state index contributed by atoms with van der Waals surface area (Å²) < 4.78 is 40.5. The molecule has 3 rings (SSSR count). The number of aryl methyl sites for hydroxylation is 1. The van der Waals surface area contributed by atoms with Gasteiger partial charge in [-0.05, 0) is 30.0 Å². The Morgan fingerprint density at radius 3 is 2.65 bits per heavy atom. The summed E-state index contributed by atoms with van der Waals surface area (Å²) in [5.74, 6) is 1.49. The van der Waals surface area contributed by atoms with Crippen molar-refractivity contribution in [2.75, 3.05) is 13.8 Å². The van der Waals surface area contributed by atoms with Gasteiger partial charge in [-0.25, -0.2) is 0 Å². The average Bonchev–Trinajstić information content (AvgIpc) is 3.22. The van der Waals surface area contributed by atoms with Gasteiger partial charge in [0.1, 0.15) is 5.75 Å². The van der Waals surface area contributed by atoms with Crippen LogP contribution in [-0.4, -0.2) is 26.4 Å². The van der Waals surface area contributed by atoms with E-state index in [1.807, 2.05) is 12.3 Å². The molecular weight excluding hydrogens is 364 g/mol. The first-order valence-corrected chi connectivity index (χ1v) is 8.79. The zero-order chi connectivity index (χ0) is 18.5. The molecule has 0 bridgehead atoms. The molecule has 2 aromatic rings. The monoisotopic (exact) mass is 383 g/mol. The largest absolute Gasteiger partial charge is 0.454 e. The first-order chi connectivity index (χ1) is 12.6. The molecule has 6 nitrogen and oxygen atoms in total. The van der Waals surface area contributed by atoms with E-state index < -0.39 is 6.61 Å². The molecule has 26 heavy (non-hydrogen) atoms. The molecule has 0 radical (unpaired) electrons. The van der Waals surface area contributed by atoms with Crippen LogP contribution in [0.15, 0.2) is 28.6 Å². The van der Waals surface area contributed by atoms with E-state index in [-0.39, 0.29) is 19.1 Å². The van der Waals surface area contributed by atoms with Gasteiger partial charge in [0.25, 0.3) is 0 Å². The number of hydrogen-bond donors (Lipinski definition) is 2. The fourth-order valence-electron chi connectivity index (χ4n) is 2.46. The number of benzene rings is 1. The number of ether oxygens (including phenoxy) is 3. The number of hydrogen-bond acceptors (Lipinski definition) is 5. The highest BCUT2D eigenvalue weighted by Crippen LogP contribution is 2.38. The van der Waals surface area contributed by atoms with E-state index in [2.05, 4.69) is 26.4 Å². The molecule has 0 spiro atoms. The molecule has 2 heterocycles. The topological polar surface area (TPSA) is 64.1 Å². The summed E-state index contributed by atoms with van der Waals surface area (Å²) >= 11 is 1.66. The lowest BCUT2D eigenvalue weighted by molar-refractivity contribution is -0.0505. The summed E-state index contributed by atoms with van der Waals surface area (Å²) in [6.07, 6.45) is 0. The number of thiophene rings is 1. The van der Waals surface area contributed by atoms with Gasteiger partial charge in [-0.1, -0.05) is 0 Å². The highest BCUT2D eigenvalue weighted by Gasteiger charge is 2.20. The zero-order valence-corrected chi connectivity index (χ0v) is 15.2. The number of alkyl halides is 2. The first-order valence-electron chi connectivity index (χ1n) is 7.91. The van der Waals surface area contributed by atoms with Crippen LogP contribution in [0.1, 0.15) is 16.0 Å². The minimum atomic E-state index is -2.92. The van der Waals surface area contributed by atoms with Crippen LogP contribution in [0.3, 0.4) is 0 Å². The lowest BCUT2D eigenvalue weighted by atomic mass is 10.1. The van der Waals surface area contributed by atoms with E-state index in [0.717, 1.165) is 0 Å². The second-order valence-electron chi connectivity index (χ2n) is 5.50. The van der Waals surface area contributed by atoms with Gasteiger partial charge in [0.05, 0.1) is 6.54 Å². The third kappa shape index (κ3) is 4.34. The van der Waals surface area contributed by atoms with Crippen molar-refractivity contribution in [1.82, 2.24) is 10.6 Å². The lowest BCUT2D eigenvalue weighted by Crippen LogP contribution is -2.36. The maximum atomic E-state index is 12.7. The molecule has 1 aromatic heterocycles. The molecule has 1 aliphatic rings. The number of nitrogens with zero attached hydrogens (tertiary/aromatic N) is 1. The third-order valence-electron chi connectivity index (χ3n) is 3.83. The van der Waals surface area contributed by atoms with Crippen LogP contribution in [0.4, 0.5) is 8.78 Å². The van der Waals surface area contributed by atoms with Crippen molar-refractivity contribution >= 4 is 17.3 Å². The smallest absolute Gasteiger partial charge is 0.387 e. The summed E-state index contributed by atoms with van der Waals surface area (Å²) in [6, 6.07) is 5.10. The van der Waals surface area contributed by atoms with Gasteiger partial charge in [0.2, 0.25) is 6.79 Å². The highest BCUT2D eigenvalue weighted by molar-refractivity contribution is 7.10. The van der Waals surface area contributed by atoms with Crippen LogP contribution in [0, 0.1) is 6.92 Å². The van der Waals surface area contributed by atoms with Gasteiger partial charge in [-0.15, -0.1) is 11.3 Å². The van der Waals surface area contributed by atoms with Crippen LogP contribution < -0.4 is 24.8 Å². The van der Waals surface area contributed by atoms with Crippen molar-refractivity contribution in [3.8, 4) is 17.2 Å².